The number of carbonyl (C=O) groups excluding carboxylic acids is 1. The summed E-state index contributed by atoms with van der Waals surface area (Å²) in [7, 11) is 0. The number of fused-ring (bicyclic) bond motifs is 2. The number of aryl methyl sites for hydroxylation is 1. The molecule has 1 aromatic heterocycles. The van der Waals surface area contributed by atoms with Crippen molar-refractivity contribution in [1.29, 1.82) is 0 Å². The first kappa shape index (κ1) is 31.7. The van der Waals surface area contributed by atoms with E-state index < -0.39 is 6.67 Å². The molecule has 3 aromatic rings. The summed E-state index contributed by atoms with van der Waals surface area (Å²) in [5, 5.41) is 2.47. The first-order chi connectivity index (χ1) is 22.6. The number of anilines is 2. The van der Waals surface area contributed by atoms with Crippen LogP contribution < -0.4 is 14.5 Å². The summed E-state index contributed by atoms with van der Waals surface area (Å²) >= 11 is 0. The molecule has 46 heavy (non-hydrogen) atoms. The number of piperazine rings is 1. The van der Waals surface area contributed by atoms with Gasteiger partial charge in [-0.3, -0.25) is 9.69 Å². The lowest BCUT2D eigenvalue weighted by atomic mass is 9.99. The van der Waals surface area contributed by atoms with Crippen molar-refractivity contribution < 1.29 is 18.7 Å². The van der Waals surface area contributed by atoms with Gasteiger partial charge in [0, 0.05) is 75.1 Å². The molecule has 1 atom stereocenters. The second-order valence-corrected chi connectivity index (χ2v) is 12.1. The number of amides is 1. The molecule has 3 aliphatic rings. The third-order valence-corrected chi connectivity index (χ3v) is 9.12. The number of hydrogen-bond donors (Lipinski definition) is 0. The first-order valence-electron chi connectivity index (χ1n) is 16.2. The Kier molecular flexibility index (Phi) is 10.3. The highest BCUT2D eigenvalue weighted by Gasteiger charge is 2.35. The van der Waals surface area contributed by atoms with Crippen LogP contribution >= 0.6 is 0 Å². The van der Waals surface area contributed by atoms with Crippen molar-refractivity contribution in [2.24, 2.45) is 0 Å². The van der Waals surface area contributed by atoms with Gasteiger partial charge in [0.25, 0.3) is 0 Å². The Balaban J connectivity index is 1.29. The van der Waals surface area contributed by atoms with Gasteiger partial charge in [-0.15, -0.1) is 0 Å². The number of allylic oxidation sites excluding steroid dienone is 1. The fraction of sp³-hybridized carbons (Fsp3) is 0.486. The third-order valence-electron chi connectivity index (χ3n) is 9.12. The minimum absolute atomic E-state index is 0.163. The predicted molar refractivity (Wildman–Crippen MR) is 177 cm³/mol. The Morgan fingerprint density at radius 1 is 1.11 bits per heavy atom. The zero-order valence-corrected chi connectivity index (χ0v) is 26.5. The van der Waals surface area contributed by atoms with Crippen LogP contribution in [0, 0.1) is 13.5 Å². The molecule has 2 fully saturated rings. The van der Waals surface area contributed by atoms with E-state index in [-0.39, 0.29) is 18.5 Å². The highest BCUT2D eigenvalue weighted by atomic mass is 19.1. The molecule has 0 aliphatic carbocycles. The van der Waals surface area contributed by atoms with Crippen molar-refractivity contribution in [3.63, 3.8) is 0 Å². The van der Waals surface area contributed by atoms with E-state index in [1.54, 1.807) is 4.90 Å². The quantitative estimate of drug-likeness (QED) is 0.260. The van der Waals surface area contributed by atoms with Gasteiger partial charge in [-0.25, -0.2) is 11.0 Å². The summed E-state index contributed by atoms with van der Waals surface area (Å²) < 4.78 is 24.6. The molecule has 2 saturated heterocycles. The second kappa shape index (κ2) is 14.9. The molecule has 242 valence electrons. The van der Waals surface area contributed by atoms with Crippen LogP contribution in [-0.4, -0.2) is 111 Å². The summed E-state index contributed by atoms with van der Waals surface area (Å²) in [6, 6.07) is 12.9. The number of nitrogens with zero attached hydrogens (tertiary/aromatic N) is 7. The summed E-state index contributed by atoms with van der Waals surface area (Å²) in [4.78, 5) is 35.0. The van der Waals surface area contributed by atoms with Gasteiger partial charge < -0.3 is 29.0 Å². The van der Waals surface area contributed by atoms with E-state index in [1.165, 1.54) is 34.2 Å². The standard InChI is InChI=1S/C35H42FN7O3/c1-26-7-3-8-27-9-4-10-31(33(26)27)41-15-12-29-30(25-41)38-35(46-22-19-40-14-6-20-45-21-18-40)39-34(29)42-16-17-43(28(24-42)23-37-2)32(44)11-5-13-36/h3-5,7-11,28H,6,12-25H2,1H3/b11-5+/t28-/m0/s1. The Bertz CT molecular complexity index is 1600. The van der Waals surface area contributed by atoms with Crippen LogP contribution in [0.3, 0.4) is 0 Å². The molecule has 3 aliphatic heterocycles. The molecule has 0 N–H and O–H groups in total. The summed E-state index contributed by atoms with van der Waals surface area (Å²) in [5.74, 6) is 0.554. The fourth-order valence-corrected chi connectivity index (χ4v) is 6.82. The average molecular weight is 628 g/mol. The van der Waals surface area contributed by atoms with Gasteiger partial charge in [0.2, 0.25) is 12.5 Å². The molecule has 0 unspecified atom stereocenters. The van der Waals surface area contributed by atoms with E-state index >= 15 is 0 Å². The number of alkyl halides is 1. The van der Waals surface area contributed by atoms with Crippen LogP contribution in [-0.2, 0) is 22.5 Å². The summed E-state index contributed by atoms with van der Waals surface area (Å²) in [5.41, 5.74) is 4.46. The van der Waals surface area contributed by atoms with Gasteiger partial charge in [0.1, 0.15) is 25.1 Å². The topological polar surface area (TPSA) is 78.6 Å². The second-order valence-electron chi connectivity index (χ2n) is 12.1. The minimum Gasteiger partial charge on any atom is -0.462 e. The highest BCUT2D eigenvalue weighted by Crippen LogP contribution is 2.35. The molecule has 6 rings (SSSR count). The fourth-order valence-electron chi connectivity index (χ4n) is 6.82. The molecule has 0 spiro atoms. The van der Waals surface area contributed by atoms with Crippen molar-refractivity contribution in [3.8, 4) is 6.01 Å². The number of ether oxygens (including phenoxy) is 2. The van der Waals surface area contributed by atoms with Crippen LogP contribution in [0.4, 0.5) is 15.9 Å². The maximum atomic E-state index is 12.8. The molecular formula is C35H42FN7O3. The van der Waals surface area contributed by atoms with Crippen LogP contribution in [0.25, 0.3) is 15.6 Å². The number of hydrogen-bond acceptors (Lipinski definition) is 8. The monoisotopic (exact) mass is 627 g/mol. The maximum Gasteiger partial charge on any atom is 0.318 e. The van der Waals surface area contributed by atoms with Gasteiger partial charge in [-0.2, -0.15) is 9.97 Å². The molecule has 2 aromatic carbocycles. The van der Waals surface area contributed by atoms with Crippen molar-refractivity contribution in [2.45, 2.75) is 32.4 Å². The van der Waals surface area contributed by atoms with E-state index in [1.807, 2.05) is 0 Å². The highest BCUT2D eigenvalue weighted by molar-refractivity contribution is 5.97. The lowest BCUT2D eigenvalue weighted by Gasteiger charge is -2.41. The largest absolute Gasteiger partial charge is 0.462 e. The molecule has 4 heterocycles. The Morgan fingerprint density at radius 2 is 1.98 bits per heavy atom. The van der Waals surface area contributed by atoms with Gasteiger partial charge in [-0.1, -0.05) is 30.3 Å². The molecule has 0 bridgehead atoms. The number of carbonyl (C=O) groups is 1. The molecule has 0 saturated carbocycles. The average Bonchev–Trinajstić information content (AvgIpc) is 3.35. The Hall–Kier alpha value is -4.27. The van der Waals surface area contributed by atoms with Gasteiger partial charge in [-0.05, 0) is 42.9 Å². The Labute approximate surface area is 270 Å². The van der Waals surface area contributed by atoms with Crippen molar-refractivity contribution in [1.82, 2.24) is 19.8 Å². The van der Waals surface area contributed by atoms with Crippen LogP contribution in [0.15, 0.2) is 48.6 Å². The molecule has 0 radical (unpaired) electrons. The van der Waals surface area contributed by atoms with E-state index in [4.69, 9.17) is 26.0 Å². The molecule has 11 heteroatoms. The Morgan fingerprint density at radius 3 is 2.83 bits per heavy atom. The predicted octanol–water partition coefficient (Wildman–Crippen LogP) is 4.06. The molecular weight excluding hydrogens is 585 g/mol. The van der Waals surface area contributed by atoms with Crippen molar-refractivity contribution in [2.75, 3.05) is 88.7 Å². The maximum absolute atomic E-state index is 12.8. The summed E-state index contributed by atoms with van der Waals surface area (Å²) in [6.07, 6.45) is 4.25. The van der Waals surface area contributed by atoms with E-state index in [2.05, 4.69) is 62.9 Å². The lowest BCUT2D eigenvalue weighted by Crippen LogP contribution is -2.56. The number of aromatic nitrogens is 2. The van der Waals surface area contributed by atoms with Crippen molar-refractivity contribution in [3.05, 3.63) is 76.8 Å². The van der Waals surface area contributed by atoms with Crippen LogP contribution in [0.2, 0.25) is 0 Å². The zero-order valence-electron chi connectivity index (χ0n) is 26.5. The van der Waals surface area contributed by atoms with Crippen LogP contribution in [0.1, 0.15) is 23.2 Å². The van der Waals surface area contributed by atoms with Gasteiger partial charge in [0.05, 0.1) is 18.8 Å². The van der Waals surface area contributed by atoms with E-state index in [0.29, 0.717) is 38.8 Å². The van der Waals surface area contributed by atoms with Gasteiger partial charge >= 0.3 is 6.01 Å². The summed E-state index contributed by atoms with van der Waals surface area (Å²) in [6.45, 7) is 16.6. The smallest absolute Gasteiger partial charge is 0.318 e. The van der Waals surface area contributed by atoms with E-state index in [0.717, 1.165) is 69.3 Å². The van der Waals surface area contributed by atoms with Crippen LogP contribution in [0.5, 0.6) is 6.01 Å². The normalized spacial score (nSPS) is 19.2. The first-order valence-corrected chi connectivity index (χ1v) is 16.2. The molecule has 10 nitrogen and oxygen atoms in total. The zero-order chi connectivity index (χ0) is 31.9. The number of halogens is 1. The SMILES string of the molecule is [C-]#[N+]C[C@H]1CN(c2nc(OCCN3CCCOCC3)nc3c2CCN(c2cccc4cccc(C)c24)C3)CCN1C(=O)/C=C/CF. The van der Waals surface area contributed by atoms with E-state index in [9.17, 15) is 9.18 Å². The minimum atomic E-state index is -0.698. The number of benzene rings is 2. The lowest BCUT2D eigenvalue weighted by molar-refractivity contribution is -0.128. The molecule has 1 amide bonds. The van der Waals surface area contributed by atoms with Gasteiger partial charge in [0.15, 0.2) is 0 Å². The third kappa shape index (κ3) is 7.08. The number of rotatable bonds is 9. The van der Waals surface area contributed by atoms with Crippen molar-refractivity contribution >= 4 is 28.2 Å².